The van der Waals surface area contributed by atoms with E-state index in [1.807, 2.05) is 42.5 Å². The minimum absolute atomic E-state index is 0.358. The minimum atomic E-state index is -0.382. The monoisotopic (exact) mass is 496 g/mol. The molecule has 1 saturated heterocycles. The number of benzene rings is 2. The van der Waals surface area contributed by atoms with Crippen molar-refractivity contribution >= 4 is 46.0 Å². The number of carbonyl (C=O) groups is 2. The van der Waals surface area contributed by atoms with Crippen LogP contribution < -0.4 is 20.9 Å². The van der Waals surface area contributed by atoms with E-state index in [9.17, 15) is 9.59 Å². The second kappa shape index (κ2) is 10.1. The van der Waals surface area contributed by atoms with Crippen molar-refractivity contribution in [1.29, 1.82) is 0 Å². The zero-order valence-electron chi connectivity index (χ0n) is 21.4. The molecule has 2 aliphatic heterocycles. The van der Waals surface area contributed by atoms with Gasteiger partial charge >= 0.3 is 0 Å². The lowest BCUT2D eigenvalue weighted by atomic mass is 10.00. The molecule has 2 amide bonds. The molecule has 8 nitrogen and oxygen atoms in total. The van der Waals surface area contributed by atoms with Crippen LogP contribution in [0.2, 0.25) is 0 Å². The summed E-state index contributed by atoms with van der Waals surface area (Å²) in [6, 6.07) is 19.4. The van der Waals surface area contributed by atoms with Gasteiger partial charge in [-0.25, -0.2) is 9.88 Å². The number of amides is 2. The van der Waals surface area contributed by atoms with E-state index in [0.717, 1.165) is 43.0 Å². The summed E-state index contributed by atoms with van der Waals surface area (Å²) < 4.78 is 0. The lowest BCUT2D eigenvalue weighted by molar-refractivity contribution is -0.122. The highest BCUT2D eigenvalue weighted by Gasteiger charge is 2.37. The molecule has 0 bridgehead atoms. The van der Waals surface area contributed by atoms with Crippen molar-refractivity contribution in [2.24, 2.45) is 0 Å². The van der Waals surface area contributed by atoms with Crippen molar-refractivity contribution < 1.29 is 9.59 Å². The Morgan fingerprint density at radius 1 is 1.05 bits per heavy atom. The summed E-state index contributed by atoms with van der Waals surface area (Å²) in [4.78, 5) is 36.6. The molecule has 0 radical (unpaired) electrons. The van der Waals surface area contributed by atoms with Crippen LogP contribution in [-0.4, -0.2) is 54.9 Å². The number of aromatic nitrogens is 1. The fourth-order valence-corrected chi connectivity index (χ4v) is 5.12. The summed E-state index contributed by atoms with van der Waals surface area (Å²) in [7, 11) is 4.27. The van der Waals surface area contributed by atoms with Gasteiger partial charge < -0.3 is 20.9 Å². The first-order valence-corrected chi connectivity index (χ1v) is 12.5. The Labute approximate surface area is 217 Å². The first kappa shape index (κ1) is 24.5. The highest BCUT2D eigenvalue weighted by molar-refractivity contribution is 6.43. The third kappa shape index (κ3) is 4.80. The van der Waals surface area contributed by atoms with Crippen LogP contribution in [0.25, 0.3) is 11.3 Å². The quantitative estimate of drug-likeness (QED) is 0.406. The molecule has 8 heteroatoms. The van der Waals surface area contributed by atoms with Crippen LogP contribution in [0.4, 0.5) is 22.9 Å². The topological polar surface area (TPSA) is 94.8 Å². The highest BCUT2D eigenvalue weighted by Crippen LogP contribution is 2.42. The Morgan fingerprint density at radius 3 is 2.41 bits per heavy atom. The zero-order valence-corrected chi connectivity index (χ0v) is 21.4. The van der Waals surface area contributed by atoms with Crippen LogP contribution in [0.3, 0.4) is 0 Å². The zero-order chi connectivity index (χ0) is 26.1. The molecule has 0 unspecified atom stereocenters. The van der Waals surface area contributed by atoms with E-state index in [-0.39, 0.29) is 11.8 Å². The maximum absolute atomic E-state index is 13.6. The average molecular weight is 497 g/mol. The maximum Gasteiger partial charge on any atom is 0.267 e. The molecule has 2 aromatic carbocycles. The molecule has 37 heavy (non-hydrogen) atoms. The van der Waals surface area contributed by atoms with Gasteiger partial charge in [-0.1, -0.05) is 30.3 Å². The Bertz CT molecular complexity index is 1340. The Morgan fingerprint density at radius 2 is 1.78 bits per heavy atom. The van der Waals surface area contributed by atoms with Gasteiger partial charge in [0.15, 0.2) is 0 Å². The number of hydrogen-bond donors (Lipinski definition) is 2. The normalized spacial score (nSPS) is 17.2. The summed E-state index contributed by atoms with van der Waals surface area (Å²) in [5.74, 6) is 0.202. The SMILES string of the molecule is CC(=O)N1C(=O)/C(=C(\Nc2ccc(N3CCC(N(C)C)CC3)nc2)c2ccccc2)c2ccc(N)cc21. The van der Waals surface area contributed by atoms with Crippen molar-refractivity contribution in [3.8, 4) is 0 Å². The van der Waals surface area contributed by atoms with E-state index >= 15 is 0 Å². The van der Waals surface area contributed by atoms with Crippen molar-refractivity contribution in [3.05, 3.63) is 78.0 Å². The van der Waals surface area contributed by atoms with Gasteiger partial charge in [0.25, 0.3) is 5.91 Å². The maximum atomic E-state index is 13.6. The minimum Gasteiger partial charge on any atom is -0.399 e. The van der Waals surface area contributed by atoms with E-state index in [1.165, 1.54) is 11.8 Å². The predicted molar refractivity (Wildman–Crippen MR) is 149 cm³/mol. The summed E-state index contributed by atoms with van der Waals surface area (Å²) >= 11 is 0. The lowest BCUT2D eigenvalue weighted by Gasteiger charge is -2.35. The summed E-state index contributed by atoms with van der Waals surface area (Å²) in [6.45, 7) is 3.32. The van der Waals surface area contributed by atoms with Gasteiger partial charge in [0, 0.05) is 37.3 Å². The second-order valence-corrected chi connectivity index (χ2v) is 9.76. The third-order valence-corrected chi connectivity index (χ3v) is 7.11. The average Bonchev–Trinajstić information content (AvgIpc) is 3.19. The number of imide groups is 1. The van der Waals surface area contributed by atoms with Gasteiger partial charge in [0.05, 0.1) is 28.8 Å². The largest absolute Gasteiger partial charge is 0.399 e. The molecule has 0 spiro atoms. The number of fused-ring (bicyclic) bond motifs is 1. The third-order valence-electron chi connectivity index (χ3n) is 7.11. The van der Waals surface area contributed by atoms with E-state index < -0.39 is 0 Å². The first-order valence-electron chi connectivity index (χ1n) is 12.5. The van der Waals surface area contributed by atoms with Gasteiger partial charge in [-0.2, -0.15) is 0 Å². The number of nitrogens with one attached hydrogen (secondary N) is 1. The van der Waals surface area contributed by atoms with Gasteiger partial charge in [-0.3, -0.25) is 9.59 Å². The van der Waals surface area contributed by atoms with Crippen molar-refractivity contribution in [2.75, 3.05) is 48.0 Å². The number of anilines is 4. The Kier molecular flexibility index (Phi) is 6.67. The molecule has 2 aliphatic rings. The van der Waals surface area contributed by atoms with Crippen molar-refractivity contribution in [1.82, 2.24) is 9.88 Å². The molecule has 0 atom stereocenters. The van der Waals surface area contributed by atoms with Crippen LogP contribution in [0.1, 0.15) is 30.9 Å². The van der Waals surface area contributed by atoms with E-state index in [1.54, 1.807) is 24.4 Å². The molecule has 190 valence electrons. The smallest absolute Gasteiger partial charge is 0.267 e. The Balaban J connectivity index is 1.50. The molecule has 0 saturated carbocycles. The van der Waals surface area contributed by atoms with Crippen LogP contribution in [0.15, 0.2) is 66.9 Å². The molecule has 3 N–H and O–H groups in total. The fraction of sp³-hybridized carbons (Fsp3) is 0.276. The van der Waals surface area contributed by atoms with Crippen molar-refractivity contribution in [3.63, 3.8) is 0 Å². The molecule has 3 aromatic rings. The molecule has 3 heterocycles. The molecule has 0 aliphatic carbocycles. The summed E-state index contributed by atoms with van der Waals surface area (Å²) in [5, 5.41) is 3.44. The molecular formula is C29H32N6O2. The lowest BCUT2D eigenvalue weighted by Crippen LogP contribution is -2.42. The number of carbonyl (C=O) groups excluding carboxylic acids is 2. The number of hydrogen-bond acceptors (Lipinski definition) is 7. The number of piperidine rings is 1. The van der Waals surface area contributed by atoms with Crippen LogP contribution >= 0.6 is 0 Å². The van der Waals surface area contributed by atoms with E-state index in [0.29, 0.717) is 34.3 Å². The first-order chi connectivity index (χ1) is 17.8. The van der Waals surface area contributed by atoms with Gasteiger partial charge in [0.2, 0.25) is 5.91 Å². The molecular weight excluding hydrogens is 464 g/mol. The predicted octanol–water partition coefficient (Wildman–Crippen LogP) is 4.07. The van der Waals surface area contributed by atoms with Crippen LogP contribution in [-0.2, 0) is 9.59 Å². The fourth-order valence-electron chi connectivity index (χ4n) is 5.12. The van der Waals surface area contributed by atoms with Crippen molar-refractivity contribution in [2.45, 2.75) is 25.8 Å². The van der Waals surface area contributed by atoms with Gasteiger partial charge in [-0.05, 0) is 62.8 Å². The number of rotatable bonds is 5. The second-order valence-electron chi connectivity index (χ2n) is 9.76. The highest BCUT2D eigenvalue weighted by atomic mass is 16.2. The van der Waals surface area contributed by atoms with E-state index in [4.69, 9.17) is 10.7 Å². The summed E-state index contributed by atoms with van der Waals surface area (Å²) in [5.41, 5.74) is 10.3. The Hall–Kier alpha value is -4.17. The molecule has 5 rings (SSSR count). The molecule has 1 aromatic heterocycles. The number of nitrogen functional groups attached to an aromatic ring is 1. The van der Waals surface area contributed by atoms with Crippen LogP contribution in [0.5, 0.6) is 0 Å². The van der Waals surface area contributed by atoms with Gasteiger partial charge in [0.1, 0.15) is 5.82 Å². The standard InChI is InChI=1S/C29H32N6O2/c1-19(36)35-25-17-21(30)9-11-24(25)27(29(35)37)28(20-7-5-4-6-8-20)32-22-10-12-26(31-18-22)34-15-13-23(14-16-34)33(2)3/h4-12,17-18,23,32H,13-16,30H2,1-3H3/b28-27-. The number of pyridine rings is 1. The van der Waals surface area contributed by atoms with Crippen LogP contribution in [0, 0.1) is 0 Å². The van der Waals surface area contributed by atoms with Gasteiger partial charge in [-0.15, -0.1) is 0 Å². The summed E-state index contributed by atoms with van der Waals surface area (Å²) in [6.07, 6.45) is 4.01. The van der Waals surface area contributed by atoms with E-state index in [2.05, 4.69) is 29.2 Å². The molecule has 1 fully saturated rings. The number of nitrogens with two attached hydrogens (primary N) is 1. The number of nitrogens with zero attached hydrogens (tertiary/aromatic N) is 4.